The van der Waals surface area contributed by atoms with Gasteiger partial charge in [0.25, 0.3) is 0 Å². The molecule has 20 nitrogen and oxygen atoms in total. The van der Waals surface area contributed by atoms with E-state index in [4.69, 9.17) is 15.0 Å². The van der Waals surface area contributed by atoms with Crippen molar-refractivity contribution in [3.63, 3.8) is 0 Å². The molecule has 0 aromatic carbocycles. The number of aromatic nitrogens is 13. The minimum absolute atomic E-state index is 0.0536. The van der Waals surface area contributed by atoms with E-state index in [1.807, 2.05) is 137 Å². The van der Waals surface area contributed by atoms with Gasteiger partial charge in [0, 0.05) is 85.5 Å². The summed E-state index contributed by atoms with van der Waals surface area (Å²) in [6.07, 6.45) is 33.7. The predicted molar refractivity (Wildman–Crippen MR) is 321 cm³/mol. The van der Waals surface area contributed by atoms with E-state index in [0.717, 1.165) is 102 Å². The normalized spacial score (nSPS) is 14.8. The molecule has 3 aliphatic carbocycles. The zero-order valence-corrected chi connectivity index (χ0v) is 46.9. The average molecular weight is 1120 g/mol. The number of fused-ring (bicyclic) bond motifs is 3. The van der Waals surface area contributed by atoms with Crippen molar-refractivity contribution in [2.45, 2.75) is 122 Å². The van der Waals surface area contributed by atoms with Gasteiger partial charge in [-0.05, 0) is 115 Å². The highest BCUT2D eigenvalue weighted by Crippen LogP contribution is 2.32. The van der Waals surface area contributed by atoms with Gasteiger partial charge in [-0.25, -0.2) is 29.9 Å². The summed E-state index contributed by atoms with van der Waals surface area (Å²) < 4.78 is 9.49. The van der Waals surface area contributed by atoms with E-state index in [-0.39, 0.29) is 26.4 Å². The Morgan fingerprint density at radius 1 is 0.410 bits per heavy atom. The van der Waals surface area contributed by atoms with Crippen LogP contribution in [-0.2, 0) is 40.5 Å². The van der Waals surface area contributed by atoms with Gasteiger partial charge in [-0.2, -0.15) is 10.2 Å². The number of hydrogen-bond acceptors (Lipinski definition) is 15. The van der Waals surface area contributed by atoms with Crippen LogP contribution < -0.4 is 16.0 Å². The van der Waals surface area contributed by atoms with Gasteiger partial charge >= 0.3 is 0 Å². The van der Waals surface area contributed by atoms with Crippen LogP contribution in [0.4, 0.5) is 17.5 Å². The molecule has 0 unspecified atom stereocenters. The third-order valence-corrected chi connectivity index (χ3v) is 16.2. The SMILES string of the molecule is Cn1cc(-c2cn3c(-c4cccc(NC5CCCC5)n4)cnc3cc2CO)cn1.Cn1cc(-c2cn3c(-c4cccc(NC5CCCC5)n4)cnc3cc2CO)cn1.OCc1cc2ncc(-c3cccc(NC4CCCC4)n3)n2cc1CO. The lowest BCUT2D eigenvalue weighted by Gasteiger charge is -2.13. The Morgan fingerprint density at radius 3 is 1.07 bits per heavy atom. The smallest absolute Gasteiger partial charge is 0.137 e. The molecule has 0 radical (unpaired) electrons. The number of aliphatic hydroxyl groups is 4. The molecule has 0 atom stereocenters. The van der Waals surface area contributed by atoms with Gasteiger partial charge in [0.2, 0.25) is 0 Å². The minimum atomic E-state index is -0.125. The first-order valence-electron chi connectivity index (χ1n) is 28.8. The van der Waals surface area contributed by atoms with E-state index >= 15 is 0 Å². The first kappa shape index (κ1) is 54.8. The van der Waals surface area contributed by atoms with Crippen LogP contribution >= 0.6 is 0 Å². The quantitative estimate of drug-likeness (QED) is 0.0505. The number of hydrogen-bond donors (Lipinski definition) is 7. The molecule has 3 saturated carbocycles. The molecule has 0 spiro atoms. The third-order valence-electron chi connectivity index (χ3n) is 16.2. The van der Waals surface area contributed by atoms with Crippen LogP contribution in [0.5, 0.6) is 0 Å². The summed E-state index contributed by atoms with van der Waals surface area (Å²) in [4.78, 5) is 27.9. The summed E-state index contributed by atoms with van der Waals surface area (Å²) in [5.41, 5.74) is 14.4. The molecule has 3 fully saturated rings. The fraction of sp³-hybridized carbons (Fsp3) is 0.333. The van der Waals surface area contributed by atoms with Crippen molar-refractivity contribution in [1.82, 2.24) is 62.7 Å². The van der Waals surface area contributed by atoms with Crippen LogP contribution in [-0.4, -0.2) is 101 Å². The van der Waals surface area contributed by atoms with Crippen LogP contribution in [0, 0.1) is 0 Å². The predicted octanol–water partition coefficient (Wildman–Crippen LogP) is 10.0. The molecular weight excluding hydrogens is 1040 g/mol. The van der Waals surface area contributed by atoms with E-state index in [1.165, 1.54) is 77.0 Å². The Kier molecular flexibility index (Phi) is 16.3. The van der Waals surface area contributed by atoms with Gasteiger partial charge in [0.05, 0.1) is 91.6 Å². The Hall–Kier alpha value is -8.82. The van der Waals surface area contributed by atoms with Gasteiger partial charge in [-0.15, -0.1) is 0 Å². The molecule has 3 aliphatic rings. The highest BCUT2D eigenvalue weighted by atomic mass is 16.3. The number of pyridine rings is 6. The number of aliphatic hydroxyl groups excluding tert-OH is 4. The number of anilines is 3. The maximum absolute atomic E-state index is 9.86. The second-order valence-corrected chi connectivity index (χ2v) is 21.9. The molecule has 0 amide bonds. The molecule has 0 aliphatic heterocycles. The fourth-order valence-electron chi connectivity index (χ4n) is 11.8. The summed E-state index contributed by atoms with van der Waals surface area (Å²) in [7, 11) is 3.77. The van der Waals surface area contributed by atoms with E-state index in [1.54, 1.807) is 34.0 Å². The second kappa shape index (κ2) is 24.7. The summed E-state index contributed by atoms with van der Waals surface area (Å²) >= 11 is 0. The molecule has 11 aromatic rings. The number of rotatable bonds is 15. The molecule has 14 rings (SSSR count). The van der Waals surface area contributed by atoms with Gasteiger partial charge in [-0.3, -0.25) is 22.6 Å². The molecule has 83 heavy (non-hydrogen) atoms. The summed E-state index contributed by atoms with van der Waals surface area (Å²) in [5, 5.41) is 57.9. The minimum Gasteiger partial charge on any atom is -0.392 e. The van der Waals surface area contributed by atoms with Crippen LogP contribution in [0.1, 0.15) is 99.3 Å². The lowest BCUT2D eigenvalue weighted by atomic mass is 10.1. The molecule has 426 valence electrons. The van der Waals surface area contributed by atoms with Crippen LogP contribution in [0.15, 0.2) is 135 Å². The molecular formula is C63H70N16O4. The maximum Gasteiger partial charge on any atom is 0.137 e. The van der Waals surface area contributed by atoms with Crippen molar-refractivity contribution in [2.24, 2.45) is 14.1 Å². The average Bonchev–Trinajstić information content (AvgIpc) is 4.58. The molecule has 11 heterocycles. The largest absolute Gasteiger partial charge is 0.392 e. The Morgan fingerprint density at radius 2 is 0.747 bits per heavy atom. The number of nitrogens with one attached hydrogen (secondary N) is 3. The van der Waals surface area contributed by atoms with Gasteiger partial charge < -0.3 is 36.4 Å². The highest BCUT2D eigenvalue weighted by molar-refractivity contribution is 5.73. The maximum atomic E-state index is 9.86. The van der Waals surface area contributed by atoms with Crippen molar-refractivity contribution in [2.75, 3.05) is 16.0 Å². The van der Waals surface area contributed by atoms with Crippen molar-refractivity contribution < 1.29 is 20.4 Å². The third kappa shape index (κ3) is 12.1. The Labute approximate surface area is 480 Å². The first-order valence-corrected chi connectivity index (χ1v) is 28.8. The number of imidazole rings is 3. The summed E-state index contributed by atoms with van der Waals surface area (Å²) in [6.45, 7) is -0.349. The lowest BCUT2D eigenvalue weighted by molar-refractivity contribution is 0.259. The molecule has 11 aromatic heterocycles. The van der Waals surface area contributed by atoms with E-state index in [9.17, 15) is 20.4 Å². The topological polar surface area (TPSA) is 243 Å². The van der Waals surface area contributed by atoms with E-state index < -0.39 is 0 Å². The second-order valence-electron chi connectivity index (χ2n) is 21.9. The summed E-state index contributed by atoms with van der Waals surface area (Å²) in [5.74, 6) is 2.70. The van der Waals surface area contributed by atoms with E-state index in [2.05, 4.69) is 41.1 Å². The number of aryl methyl sites for hydroxylation is 2. The first-order chi connectivity index (χ1) is 40.7. The zero-order valence-electron chi connectivity index (χ0n) is 46.9. The van der Waals surface area contributed by atoms with Gasteiger partial charge in [-0.1, -0.05) is 56.7 Å². The standard InChI is InChI=1S/2C22H24N6O.C19H22N4O2/c2*1-27-12-16(10-24-27)18-13-28-20(11-23-22(28)9-15(18)14-29)19-7-4-8-21(26-19)25-17-5-2-3-6-17;24-11-13-8-19-20-9-17(23(19)10-14(13)12-25)16-6-3-7-18(22-16)21-15-4-1-2-5-15/h2*4,7-13,17,29H,2-3,5-6,14H2,1H3,(H,25,26);3,6-10,15,24-25H,1-2,4-5,11-12H2,(H,21,22). The van der Waals surface area contributed by atoms with Crippen LogP contribution in [0.3, 0.4) is 0 Å². The highest BCUT2D eigenvalue weighted by Gasteiger charge is 2.21. The fourth-order valence-corrected chi connectivity index (χ4v) is 11.8. The summed E-state index contributed by atoms with van der Waals surface area (Å²) in [6, 6.07) is 25.3. The van der Waals surface area contributed by atoms with Crippen molar-refractivity contribution >= 4 is 34.4 Å². The molecule has 7 N–H and O–H groups in total. The zero-order chi connectivity index (χ0) is 56.8. The lowest BCUT2D eigenvalue weighted by Crippen LogP contribution is -2.15. The van der Waals surface area contributed by atoms with Crippen LogP contribution in [0.2, 0.25) is 0 Å². The Balaban J connectivity index is 0.000000123. The Bertz CT molecular complexity index is 3820. The molecule has 20 heteroatoms. The number of nitrogens with zero attached hydrogens (tertiary/aromatic N) is 13. The molecule has 0 saturated heterocycles. The van der Waals surface area contributed by atoms with E-state index in [0.29, 0.717) is 29.3 Å². The monoisotopic (exact) mass is 1110 g/mol. The van der Waals surface area contributed by atoms with Crippen molar-refractivity contribution in [3.8, 4) is 56.4 Å². The van der Waals surface area contributed by atoms with Crippen LogP contribution in [0.25, 0.3) is 73.4 Å². The van der Waals surface area contributed by atoms with Gasteiger partial charge in [0.15, 0.2) is 0 Å². The van der Waals surface area contributed by atoms with Gasteiger partial charge in [0.1, 0.15) is 34.4 Å². The van der Waals surface area contributed by atoms with Crippen molar-refractivity contribution in [3.05, 3.63) is 157 Å². The van der Waals surface area contributed by atoms with Crippen molar-refractivity contribution in [1.29, 1.82) is 0 Å². The molecule has 0 bridgehead atoms.